The first-order valence-corrected chi connectivity index (χ1v) is 12.7. The summed E-state index contributed by atoms with van der Waals surface area (Å²) in [5, 5.41) is 13.5. The zero-order valence-electron chi connectivity index (χ0n) is 21.2. The molecule has 4 aromatic heterocycles. The van der Waals surface area contributed by atoms with Crippen LogP contribution >= 0.6 is 0 Å². The molecule has 0 aliphatic carbocycles. The number of piperidine rings is 1. The van der Waals surface area contributed by atoms with Crippen molar-refractivity contribution in [1.29, 1.82) is 5.26 Å². The predicted molar refractivity (Wildman–Crippen MR) is 141 cm³/mol. The van der Waals surface area contributed by atoms with E-state index in [9.17, 15) is 10.1 Å². The van der Waals surface area contributed by atoms with E-state index in [1.807, 2.05) is 17.2 Å². The van der Waals surface area contributed by atoms with Crippen molar-refractivity contribution in [2.24, 2.45) is 0 Å². The number of hydrogen-bond acceptors (Lipinski definition) is 7. The minimum atomic E-state index is -0.261. The average Bonchev–Trinajstić information content (AvgIpc) is 3.61. The van der Waals surface area contributed by atoms with Crippen LogP contribution in [0.5, 0.6) is 5.88 Å². The highest BCUT2D eigenvalue weighted by Crippen LogP contribution is 2.38. The highest BCUT2D eigenvalue weighted by Gasteiger charge is 2.47. The van der Waals surface area contributed by atoms with E-state index in [1.165, 1.54) is 7.11 Å². The number of pyridine rings is 1. The third-order valence-corrected chi connectivity index (χ3v) is 7.75. The monoisotopic (exact) mass is 511 g/mol. The van der Waals surface area contributed by atoms with Gasteiger partial charge in [-0.2, -0.15) is 5.26 Å². The van der Waals surface area contributed by atoms with E-state index in [-0.39, 0.29) is 11.6 Å². The summed E-state index contributed by atoms with van der Waals surface area (Å²) in [7, 11) is 1.54. The standard InChI is InChI=1S/C27H29N9O2/c1-38-25-22(3-2-10-30-25)33-26(37)34-12-6-20(7-13-34)35-16-27(17-35,8-9-28)36-14-5-19(15-36)23-21-4-11-29-24(21)32-18-31-23/h2-5,10-11,14-15,18,20H,6-8,12-13,16-17H2,1H3,(H,33,37)(H,29,31,32). The first-order valence-electron chi connectivity index (χ1n) is 12.7. The number of methoxy groups -OCH3 is 1. The highest BCUT2D eigenvalue weighted by molar-refractivity contribution is 5.91. The number of likely N-dealkylation sites (tertiary alicyclic amines) is 2. The zero-order valence-corrected chi connectivity index (χ0v) is 21.2. The smallest absolute Gasteiger partial charge is 0.321 e. The van der Waals surface area contributed by atoms with Crippen LogP contribution in [-0.2, 0) is 5.54 Å². The fourth-order valence-electron chi connectivity index (χ4n) is 5.69. The molecule has 11 heteroatoms. The third kappa shape index (κ3) is 4.22. The zero-order chi connectivity index (χ0) is 26.1. The molecular formula is C27H29N9O2. The van der Waals surface area contributed by atoms with Crippen LogP contribution in [0.25, 0.3) is 22.3 Å². The number of carbonyl (C=O) groups excluding carboxylic acids is 1. The molecule has 38 heavy (non-hydrogen) atoms. The van der Waals surface area contributed by atoms with Gasteiger partial charge in [0.1, 0.15) is 17.7 Å². The van der Waals surface area contributed by atoms with Crippen LogP contribution in [-0.4, -0.2) is 79.7 Å². The number of rotatable bonds is 6. The third-order valence-electron chi connectivity index (χ3n) is 7.75. The Bertz CT molecular complexity index is 1490. The molecule has 4 aromatic rings. The Balaban J connectivity index is 1.09. The van der Waals surface area contributed by atoms with Crippen LogP contribution < -0.4 is 10.1 Å². The summed E-state index contributed by atoms with van der Waals surface area (Å²) >= 11 is 0. The maximum atomic E-state index is 12.8. The van der Waals surface area contributed by atoms with Gasteiger partial charge in [0.25, 0.3) is 0 Å². The Morgan fingerprint density at radius 1 is 1.24 bits per heavy atom. The largest absolute Gasteiger partial charge is 0.480 e. The van der Waals surface area contributed by atoms with Crippen molar-refractivity contribution in [3.63, 3.8) is 0 Å². The van der Waals surface area contributed by atoms with Gasteiger partial charge >= 0.3 is 6.03 Å². The Hall–Kier alpha value is -4.43. The van der Waals surface area contributed by atoms with Crippen molar-refractivity contribution in [3.05, 3.63) is 55.4 Å². The van der Waals surface area contributed by atoms with Crippen LogP contribution in [0.2, 0.25) is 0 Å². The Morgan fingerprint density at radius 2 is 2.08 bits per heavy atom. The van der Waals surface area contributed by atoms with Gasteiger partial charge in [0.15, 0.2) is 0 Å². The fraction of sp³-hybridized carbons (Fsp3) is 0.370. The second-order valence-electron chi connectivity index (χ2n) is 9.94. The van der Waals surface area contributed by atoms with E-state index in [1.54, 1.807) is 24.7 Å². The predicted octanol–water partition coefficient (Wildman–Crippen LogP) is 3.45. The Kier molecular flexibility index (Phi) is 6.17. The molecule has 2 amide bonds. The van der Waals surface area contributed by atoms with E-state index in [4.69, 9.17) is 4.74 Å². The van der Waals surface area contributed by atoms with Crippen molar-refractivity contribution >= 4 is 22.8 Å². The van der Waals surface area contributed by atoms with Crippen molar-refractivity contribution in [2.75, 3.05) is 38.6 Å². The number of nitrogens with zero attached hydrogens (tertiary/aromatic N) is 7. The van der Waals surface area contributed by atoms with E-state index in [2.05, 4.69) is 59.2 Å². The molecule has 6 rings (SSSR count). The van der Waals surface area contributed by atoms with E-state index in [0.29, 0.717) is 37.1 Å². The number of aromatic nitrogens is 5. The van der Waals surface area contributed by atoms with E-state index < -0.39 is 0 Å². The summed E-state index contributed by atoms with van der Waals surface area (Å²) < 4.78 is 7.43. The van der Waals surface area contributed by atoms with Crippen LogP contribution in [0, 0.1) is 11.3 Å². The molecule has 2 N–H and O–H groups in total. The molecule has 0 unspecified atom stereocenters. The molecule has 2 aliphatic heterocycles. The van der Waals surface area contributed by atoms with Gasteiger partial charge in [-0.25, -0.2) is 19.7 Å². The van der Waals surface area contributed by atoms with Crippen molar-refractivity contribution in [2.45, 2.75) is 30.8 Å². The van der Waals surface area contributed by atoms with Crippen molar-refractivity contribution < 1.29 is 9.53 Å². The van der Waals surface area contributed by atoms with Gasteiger partial charge in [-0.3, -0.25) is 4.90 Å². The first-order chi connectivity index (χ1) is 18.6. The molecule has 194 valence electrons. The lowest BCUT2D eigenvalue weighted by atomic mass is 9.83. The number of nitriles is 1. The van der Waals surface area contributed by atoms with E-state index in [0.717, 1.165) is 48.2 Å². The number of carbonyl (C=O) groups is 1. The summed E-state index contributed by atoms with van der Waals surface area (Å²) in [5.41, 5.74) is 3.01. The number of fused-ring (bicyclic) bond motifs is 1. The number of urea groups is 1. The minimum absolute atomic E-state index is 0.140. The molecule has 0 spiro atoms. The fourth-order valence-corrected chi connectivity index (χ4v) is 5.69. The number of aromatic amines is 1. The number of ether oxygens (including phenoxy) is 1. The number of anilines is 1. The van der Waals surface area contributed by atoms with Gasteiger partial charge in [-0.1, -0.05) is 0 Å². The number of hydrogen-bond donors (Lipinski definition) is 2. The molecule has 0 bridgehead atoms. The van der Waals surface area contributed by atoms with Crippen LogP contribution in [0.1, 0.15) is 19.3 Å². The van der Waals surface area contributed by atoms with Crippen LogP contribution in [0.15, 0.2) is 55.4 Å². The van der Waals surface area contributed by atoms with Gasteiger partial charge in [0, 0.05) is 68.0 Å². The number of amides is 2. The SMILES string of the molecule is COc1ncccc1NC(=O)N1CCC(N2CC(CC#N)(n3ccc(-c4ncnc5[nH]ccc45)c3)C2)CC1. The lowest BCUT2D eigenvalue weighted by Crippen LogP contribution is -2.66. The van der Waals surface area contributed by atoms with Crippen LogP contribution in [0.3, 0.4) is 0 Å². The quantitative estimate of drug-likeness (QED) is 0.406. The van der Waals surface area contributed by atoms with Gasteiger partial charge in [-0.15, -0.1) is 0 Å². The average molecular weight is 512 g/mol. The maximum Gasteiger partial charge on any atom is 0.321 e. The maximum absolute atomic E-state index is 12.8. The first kappa shape index (κ1) is 23.9. The summed E-state index contributed by atoms with van der Waals surface area (Å²) in [6.07, 6.45) is 11.5. The Labute approximate surface area is 220 Å². The summed E-state index contributed by atoms with van der Waals surface area (Å²) in [4.78, 5) is 33.2. The van der Waals surface area contributed by atoms with Crippen molar-refractivity contribution in [1.82, 2.24) is 34.3 Å². The van der Waals surface area contributed by atoms with Gasteiger partial charge in [-0.05, 0) is 37.1 Å². The van der Waals surface area contributed by atoms with Gasteiger partial charge < -0.3 is 24.5 Å². The molecule has 2 aliphatic rings. The van der Waals surface area contributed by atoms with Crippen LogP contribution in [0.4, 0.5) is 10.5 Å². The van der Waals surface area contributed by atoms with Gasteiger partial charge in [0.2, 0.25) is 5.88 Å². The van der Waals surface area contributed by atoms with Crippen molar-refractivity contribution in [3.8, 4) is 23.2 Å². The molecule has 2 fully saturated rings. The summed E-state index contributed by atoms with van der Waals surface area (Å²) in [6, 6.07) is 10.2. The topological polar surface area (TPSA) is 128 Å². The normalized spacial score (nSPS) is 17.6. The van der Waals surface area contributed by atoms with E-state index >= 15 is 0 Å². The second-order valence-corrected chi connectivity index (χ2v) is 9.94. The number of H-pyrrole nitrogens is 1. The lowest BCUT2D eigenvalue weighted by Gasteiger charge is -2.54. The lowest BCUT2D eigenvalue weighted by molar-refractivity contribution is -0.0332. The molecule has 2 saturated heterocycles. The second kappa shape index (κ2) is 9.79. The Morgan fingerprint density at radius 3 is 2.87 bits per heavy atom. The van der Waals surface area contributed by atoms with Gasteiger partial charge in [0.05, 0.1) is 30.8 Å². The molecular weight excluding hydrogens is 482 g/mol. The molecule has 0 radical (unpaired) electrons. The number of nitrogens with one attached hydrogen (secondary N) is 2. The molecule has 0 aromatic carbocycles. The highest BCUT2D eigenvalue weighted by atomic mass is 16.5. The molecule has 11 nitrogen and oxygen atoms in total. The summed E-state index contributed by atoms with van der Waals surface area (Å²) in [5.74, 6) is 0.399. The summed E-state index contributed by atoms with van der Waals surface area (Å²) in [6.45, 7) is 2.97. The molecule has 6 heterocycles. The molecule has 0 saturated carbocycles. The minimum Gasteiger partial charge on any atom is -0.480 e. The molecule has 0 atom stereocenters.